The first-order valence-electron chi connectivity index (χ1n) is 6.65. The van der Waals surface area contributed by atoms with Crippen LogP contribution in [0, 0.1) is 15.5 Å². The third kappa shape index (κ3) is 6.48. The van der Waals surface area contributed by atoms with Crippen molar-refractivity contribution >= 4 is 39.4 Å². The van der Waals surface area contributed by atoms with Gasteiger partial charge in [0.05, 0.1) is 4.92 Å². The van der Waals surface area contributed by atoms with E-state index in [1.165, 1.54) is 0 Å². The van der Waals surface area contributed by atoms with E-state index < -0.39 is 21.1 Å². The first-order valence-corrected chi connectivity index (χ1v) is 7.41. The molecular weight excluding hydrogens is 361 g/mol. The topological polar surface area (TPSA) is 181 Å². The molecule has 134 valence electrons. The minimum absolute atomic E-state index is 0.144. The SMILES string of the molecule is NCC(CN)(CN)CN.O=C(Cl)c1cc(C(=O)Cl)cc([N+](=O)[O-])c1. The molecule has 0 aliphatic carbocycles. The fourth-order valence-electron chi connectivity index (χ4n) is 1.44. The summed E-state index contributed by atoms with van der Waals surface area (Å²) < 4.78 is 0. The van der Waals surface area contributed by atoms with Gasteiger partial charge in [0.1, 0.15) is 0 Å². The first kappa shape index (κ1) is 22.4. The lowest BCUT2D eigenvalue weighted by Gasteiger charge is -2.26. The number of nitro benzene ring substituents is 1. The minimum Gasteiger partial charge on any atom is -0.330 e. The number of nitrogens with two attached hydrogens (primary N) is 4. The molecule has 0 spiro atoms. The lowest BCUT2D eigenvalue weighted by Crippen LogP contribution is -2.49. The largest absolute Gasteiger partial charge is 0.330 e. The van der Waals surface area contributed by atoms with Crippen LogP contribution in [0.15, 0.2) is 18.2 Å². The molecule has 0 aliphatic rings. The summed E-state index contributed by atoms with van der Waals surface area (Å²) in [6.07, 6.45) is 0. The van der Waals surface area contributed by atoms with E-state index in [1.54, 1.807) is 0 Å². The third-order valence-corrected chi connectivity index (χ3v) is 3.75. The van der Waals surface area contributed by atoms with Gasteiger partial charge in [-0.15, -0.1) is 0 Å². The second-order valence-corrected chi connectivity index (χ2v) is 5.58. The summed E-state index contributed by atoms with van der Waals surface area (Å²) in [5.41, 5.74) is 20.7. The van der Waals surface area contributed by atoms with Gasteiger partial charge >= 0.3 is 0 Å². The van der Waals surface area contributed by atoms with Crippen molar-refractivity contribution in [3.8, 4) is 0 Å². The van der Waals surface area contributed by atoms with Crippen molar-refractivity contribution in [3.63, 3.8) is 0 Å². The number of hydrogen-bond acceptors (Lipinski definition) is 8. The lowest BCUT2D eigenvalue weighted by molar-refractivity contribution is -0.384. The second kappa shape index (κ2) is 10.3. The van der Waals surface area contributed by atoms with Gasteiger partial charge in [-0.25, -0.2) is 0 Å². The van der Waals surface area contributed by atoms with Crippen LogP contribution in [0.25, 0.3) is 0 Å². The highest BCUT2D eigenvalue weighted by Crippen LogP contribution is 2.19. The maximum Gasteiger partial charge on any atom is 0.270 e. The number of non-ortho nitro benzene ring substituents is 1. The number of hydrogen-bond donors (Lipinski definition) is 4. The second-order valence-electron chi connectivity index (χ2n) is 4.89. The van der Waals surface area contributed by atoms with Crippen LogP contribution < -0.4 is 22.9 Å². The highest BCUT2D eigenvalue weighted by molar-refractivity contribution is 6.69. The lowest BCUT2D eigenvalue weighted by atomic mass is 9.89. The van der Waals surface area contributed by atoms with E-state index >= 15 is 0 Å². The number of carbonyl (C=O) groups excluding carboxylic acids is 2. The van der Waals surface area contributed by atoms with Crippen LogP contribution in [-0.2, 0) is 0 Å². The van der Waals surface area contributed by atoms with Gasteiger partial charge in [0, 0.05) is 54.9 Å². The summed E-state index contributed by atoms with van der Waals surface area (Å²) >= 11 is 10.3. The van der Waals surface area contributed by atoms with Crippen molar-refractivity contribution < 1.29 is 14.5 Å². The Labute approximate surface area is 148 Å². The summed E-state index contributed by atoms with van der Waals surface area (Å²) in [5.74, 6) is 0. The number of halogens is 2. The number of nitro groups is 1. The zero-order valence-electron chi connectivity index (χ0n) is 12.7. The van der Waals surface area contributed by atoms with Crippen molar-refractivity contribution in [3.05, 3.63) is 39.4 Å². The molecular formula is C13H19Cl2N5O4. The normalized spacial score (nSPS) is 10.6. The fourth-order valence-corrected chi connectivity index (χ4v) is 1.66. The van der Waals surface area contributed by atoms with Crippen molar-refractivity contribution in [1.82, 2.24) is 0 Å². The smallest absolute Gasteiger partial charge is 0.270 e. The Bertz CT molecular complexity index is 512. The number of rotatable bonds is 7. The van der Waals surface area contributed by atoms with Crippen LogP contribution in [0.3, 0.4) is 0 Å². The first-order chi connectivity index (χ1) is 11.2. The average Bonchev–Trinajstić information content (AvgIpc) is 2.57. The molecule has 0 saturated carbocycles. The van der Waals surface area contributed by atoms with Gasteiger partial charge in [0.2, 0.25) is 0 Å². The predicted molar refractivity (Wildman–Crippen MR) is 92.1 cm³/mol. The monoisotopic (exact) mass is 379 g/mol. The molecule has 0 radical (unpaired) electrons. The van der Waals surface area contributed by atoms with E-state index in [9.17, 15) is 19.7 Å². The molecule has 9 nitrogen and oxygen atoms in total. The van der Waals surface area contributed by atoms with Crippen LogP contribution in [0.1, 0.15) is 20.7 Å². The summed E-state index contributed by atoms with van der Waals surface area (Å²) in [6, 6.07) is 3.04. The van der Waals surface area contributed by atoms with Crippen LogP contribution >= 0.6 is 23.2 Å². The van der Waals surface area contributed by atoms with Gasteiger partial charge in [-0.3, -0.25) is 19.7 Å². The molecule has 0 unspecified atom stereocenters. The molecule has 0 bridgehead atoms. The molecule has 1 rings (SSSR count). The highest BCUT2D eigenvalue weighted by Gasteiger charge is 2.22. The molecule has 24 heavy (non-hydrogen) atoms. The molecule has 0 aromatic heterocycles. The molecule has 0 saturated heterocycles. The summed E-state index contributed by atoms with van der Waals surface area (Å²) in [7, 11) is 0. The van der Waals surface area contributed by atoms with Crippen LogP contribution in [0.4, 0.5) is 5.69 Å². The number of benzene rings is 1. The molecule has 0 fully saturated rings. The Balaban J connectivity index is 0.000000506. The zero-order valence-corrected chi connectivity index (χ0v) is 14.2. The highest BCUT2D eigenvalue weighted by atomic mass is 35.5. The van der Waals surface area contributed by atoms with E-state index in [2.05, 4.69) is 0 Å². The van der Waals surface area contributed by atoms with Gasteiger partial charge in [-0.1, -0.05) is 0 Å². The summed E-state index contributed by atoms with van der Waals surface area (Å²) in [4.78, 5) is 31.3. The Hall–Kier alpha value is -1.62. The maximum atomic E-state index is 10.8. The minimum atomic E-state index is -0.891. The van der Waals surface area contributed by atoms with E-state index in [4.69, 9.17) is 46.1 Å². The zero-order chi connectivity index (χ0) is 18.9. The van der Waals surface area contributed by atoms with Gasteiger partial charge in [0.25, 0.3) is 16.2 Å². The molecule has 0 aliphatic heterocycles. The Morgan fingerprint density at radius 2 is 1.25 bits per heavy atom. The van der Waals surface area contributed by atoms with Crippen molar-refractivity contribution in [2.45, 2.75) is 0 Å². The third-order valence-electron chi connectivity index (χ3n) is 3.31. The Morgan fingerprint density at radius 3 is 1.42 bits per heavy atom. The molecule has 11 heteroatoms. The van der Waals surface area contributed by atoms with Crippen LogP contribution in [0.5, 0.6) is 0 Å². The fraction of sp³-hybridized carbons (Fsp3) is 0.385. The van der Waals surface area contributed by atoms with E-state index in [-0.39, 0.29) is 16.5 Å². The standard InChI is InChI=1S/C8H3Cl2NO4.C5H16N4/c9-7(12)4-1-5(8(10)13)3-6(2-4)11(14)15;6-1-5(2-7,3-8)4-9/h1-3H;1-4,6-9H2. The Morgan fingerprint density at radius 1 is 0.917 bits per heavy atom. The summed E-state index contributed by atoms with van der Waals surface area (Å²) in [5, 5.41) is 8.67. The molecule has 1 aromatic carbocycles. The molecule has 0 amide bonds. The molecule has 8 N–H and O–H groups in total. The quantitative estimate of drug-likeness (QED) is 0.293. The van der Waals surface area contributed by atoms with Gasteiger partial charge in [-0.05, 0) is 29.3 Å². The van der Waals surface area contributed by atoms with E-state index in [0.29, 0.717) is 26.2 Å². The summed E-state index contributed by atoms with van der Waals surface area (Å²) in [6.45, 7) is 1.88. The Kier molecular flexibility index (Phi) is 9.59. The molecule has 1 aromatic rings. The van der Waals surface area contributed by atoms with E-state index in [1.807, 2.05) is 0 Å². The van der Waals surface area contributed by atoms with Crippen molar-refractivity contribution in [2.24, 2.45) is 28.3 Å². The molecule has 0 atom stereocenters. The van der Waals surface area contributed by atoms with Crippen molar-refractivity contribution in [1.29, 1.82) is 0 Å². The van der Waals surface area contributed by atoms with Crippen molar-refractivity contribution in [2.75, 3.05) is 26.2 Å². The van der Waals surface area contributed by atoms with E-state index in [0.717, 1.165) is 18.2 Å². The average molecular weight is 380 g/mol. The predicted octanol–water partition coefficient (Wildman–Crippen LogP) is 0.160. The molecule has 0 heterocycles. The van der Waals surface area contributed by atoms with Gasteiger partial charge in [-0.2, -0.15) is 0 Å². The van der Waals surface area contributed by atoms with Crippen LogP contribution in [0.2, 0.25) is 0 Å². The van der Waals surface area contributed by atoms with Gasteiger partial charge in [0.15, 0.2) is 0 Å². The van der Waals surface area contributed by atoms with Gasteiger partial charge < -0.3 is 22.9 Å². The van der Waals surface area contributed by atoms with Crippen LogP contribution in [-0.4, -0.2) is 41.6 Å². The maximum absolute atomic E-state index is 10.8. The number of carbonyl (C=O) groups is 2. The number of nitrogens with zero attached hydrogens (tertiary/aromatic N) is 1.